The Morgan fingerprint density at radius 1 is 1.12 bits per heavy atom. The standard InChI is InChI=1S/C32H29N9O/c1-4-34-31-27-23(15-14-22-19-36-39(3)20-22)10-8-11-24(27)18-26(41(31)25-12-6-5-7-13-25)21(2)37-32(42)28-29(33)38-40-17-9-16-35-30(28)40/h5-13,16-21H,4H2,1-3H3,(H2,33,38)(H,37,42). The normalized spacial score (nSPS) is 12.3. The molecule has 0 aliphatic heterocycles. The number of nitrogen functional groups attached to an aromatic ring is 1. The van der Waals surface area contributed by atoms with Gasteiger partial charge in [0.05, 0.1) is 17.8 Å². The van der Waals surface area contributed by atoms with Gasteiger partial charge in [0.2, 0.25) is 0 Å². The van der Waals surface area contributed by atoms with E-state index in [1.54, 1.807) is 29.3 Å². The Bertz CT molecular complexity index is 2070. The molecular formula is C32H29N9O. The van der Waals surface area contributed by atoms with Crippen molar-refractivity contribution in [3.8, 4) is 17.5 Å². The summed E-state index contributed by atoms with van der Waals surface area (Å²) in [7, 11) is 1.87. The lowest BCUT2D eigenvalue weighted by Gasteiger charge is -2.23. The smallest absolute Gasteiger partial charge is 0.259 e. The van der Waals surface area contributed by atoms with Crippen molar-refractivity contribution in [2.45, 2.75) is 19.9 Å². The largest absolute Gasteiger partial charge is 0.381 e. The molecule has 208 valence electrons. The number of amides is 1. The number of nitrogens with one attached hydrogen (secondary N) is 1. The average molecular weight is 556 g/mol. The molecule has 3 N–H and O–H groups in total. The van der Waals surface area contributed by atoms with Crippen molar-refractivity contribution >= 4 is 28.1 Å². The Morgan fingerprint density at radius 3 is 2.71 bits per heavy atom. The van der Waals surface area contributed by atoms with Gasteiger partial charge >= 0.3 is 0 Å². The molecule has 0 radical (unpaired) electrons. The second-order valence-electron chi connectivity index (χ2n) is 9.80. The summed E-state index contributed by atoms with van der Waals surface area (Å²) in [5.41, 5.74) is 11.0. The zero-order chi connectivity index (χ0) is 29.2. The highest BCUT2D eigenvalue weighted by atomic mass is 16.1. The fourth-order valence-electron chi connectivity index (χ4n) is 5.06. The molecule has 42 heavy (non-hydrogen) atoms. The highest BCUT2D eigenvalue weighted by molar-refractivity contribution is 6.04. The average Bonchev–Trinajstić information content (AvgIpc) is 3.57. The van der Waals surface area contributed by atoms with Crippen LogP contribution in [0.15, 0.2) is 90.4 Å². The second kappa shape index (κ2) is 11.1. The molecule has 4 heterocycles. The van der Waals surface area contributed by atoms with Crippen molar-refractivity contribution in [3.05, 3.63) is 113 Å². The van der Waals surface area contributed by atoms with Gasteiger partial charge in [0.25, 0.3) is 5.91 Å². The van der Waals surface area contributed by atoms with Crippen LogP contribution >= 0.6 is 0 Å². The molecule has 0 aliphatic carbocycles. The van der Waals surface area contributed by atoms with Crippen LogP contribution in [0.2, 0.25) is 0 Å². The molecule has 0 bridgehead atoms. The van der Waals surface area contributed by atoms with Gasteiger partial charge in [-0.2, -0.15) is 5.10 Å². The van der Waals surface area contributed by atoms with Gasteiger partial charge in [-0.1, -0.05) is 42.2 Å². The minimum absolute atomic E-state index is 0.117. The number of aryl methyl sites for hydroxylation is 1. The molecular weight excluding hydrogens is 526 g/mol. The van der Waals surface area contributed by atoms with Crippen LogP contribution in [0.3, 0.4) is 0 Å². The van der Waals surface area contributed by atoms with E-state index in [1.807, 2.05) is 75.6 Å². The van der Waals surface area contributed by atoms with E-state index in [2.05, 4.69) is 43.0 Å². The van der Waals surface area contributed by atoms with Crippen LogP contribution in [0.4, 0.5) is 5.82 Å². The second-order valence-corrected chi connectivity index (χ2v) is 9.80. The summed E-state index contributed by atoms with van der Waals surface area (Å²) in [5, 5.41) is 13.5. The van der Waals surface area contributed by atoms with E-state index in [0.29, 0.717) is 12.2 Å². The maximum atomic E-state index is 13.6. The Hall–Kier alpha value is -5.69. The van der Waals surface area contributed by atoms with Crippen LogP contribution < -0.4 is 16.5 Å². The third kappa shape index (κ3) is 4.88. The predicted molar refractivity (Wildman–Crippen MR) is 162 cm³/mol. The first-order valence-corrected chi connectivity index (χ1v) is 13.6. The van der Waals surface area contributed by atoms with Crippen LogP contribution in [0.1, 0.15) is 47.1 Å². The SMILES string of the molecule is CCN=c1c2c(C#Cc3cnn(C)c3)cccc2cc(C(C)NC(=O)c2c(N)nn3cccnc23)n1-c1ccccc1. The molecule has 10 nitrogen and oxygen atoms in total. The van der Waals surface area contributed by atoms with Gasteiger partial charge in [-0.05, 0) is 49.6 Å². The summed E-state index contributed by atoms with van der Waals surface area (Å²) < 4.78 is 5.32. The molecule has 0 aliphatic rings. The number of carbonyl (C=O) groups excluding carboxylic acids is 1. The van der Waals surface area contributed by atoms with Gasteiger partial charge in [0.15, 0.2) is 11.5 Å². The van der Waals surface area contributed by atoms with Crippen molar-refractivity contribution in [1.29, 1.82) is 0 Å². The number of nitrogens with two attached hydrogens (primary N) is 1. The Balaban J connectivity index is 1.53. The number of nitrogens with zero attached hydrogens (tertiary/aromatic N) is 7. The van der Waals surface area contributed by atoms with E-state index in [0.717, 1.165) is 38.8 Å². The molecule has 6 rings (SSSR count). The highest BCUT2D eigenvalue weighted by Gasteiger charge is 2.23. The molecule has 10 heteroatoms. The van der Waals surface area contributed by atoms with Crippen molar-refractivity contribution in [2.75, 3.05) is 12.3 Å². The summed E-state index contributed by atoms with van der Waals surface area (Å²) in [4.78, 5) is 22.9. The van der Waals surface area contributed by atoms with Crippen molar-refractivity contribution < 1.29 is 4.79 Å². The third-order valence-electron chi connectivity index (χ3n) is 6.90. The van der Waals surface area contributed by atoms with Crippen LogP contribution in [0.25, 0.3) is 22.1 Å². The van der Waals surface area contributed by atoms with E-state index < -0.39 is 6.04 Å². The van der Waals surface area contributed by atoms with Gasteiger partial charge in [0, 0.05) is 54.5 Å². The lowest BCUT2D eigenvalue weighted by molar-refractivity contribution is 0.0941. The molecule has 0 spiro atoms. The monoisotopic (exact) mass is 555 g/mol. The Kier molecular flexibility index (Phi) is 6.98. The Morgan fingerprint density at radius 2 is 1.95 bits per heavy atom. The number of fused-ring (bicyclic) bond motifs is 2. The lowest BCUT2D eigenvalue weighted by Crippen LogP contribution is -2.33. The fourth-order valence-corrected chi connectivity index (χ4v) is 5.06. The van der Waals surface area contributed by atoms with E-state index >= 15 is 0 Å². The summed E-state index contributed by atoms with van der Waals surface area (Å²) in [6, 6.07) is 19.4. The topological polar surface area (TPSA) is 120 Å². The minimum atomic E-state index is -0.434. The quantitative estimate of drug-likeness (QED) is 0.314. The third-order valence-corrected chi connectivity index (χ3v) is 6.90. The van der Waals surface area contributed by atoms with Crippen molar-refractivity contribution in [3.63, 3.8) is 0 Å². The summed E-state index contributed by atoms with van der Waals surface area (Å²) in [5.74, 6) is 6.33. The van der Waals surface area contributed by atoms with Gasteiger partial charge in [-0.15, -0.1) is 5.10 Å². The Labute approximate surface area is 242 Å². The number of anilines is 1. The first kappa shape index (κ1) is 26.5. The number of para-hydroxylation sites is 1. The van der Waals surface area contributed by atoms with Crippen LogP contribution in [-0.2, 0) is 7.05 Å². The maximum absolute atomic E-state index is 13.6. The predicted octanol–water partition coefficient (Wildman–Crippen LogP) is 3.80. The van der Waals surface area contributed by atoms with Crippen LogP contribution in [0, 0.1) is 11.8 Å². The molecule has 1 atom stereocenters. The van der Waals surface area contributed by atoms with Gasteiger partial charge < -0.3 is 11.1 Å². The molecule has 1 unspecified atom stereocenters. The van der Waals surface area contributed by atoms with E-state index in [1.165, 1.54) is 4.52 Å². The number of carbonyl (C=O) groups is 1. The highest BCUT2D eigenvalue weighted by Crippen LogP contribution is 2.25. The molecule has 6 aromatic rings. The number of hydrogen-bond donors (Lipinski definition) is 2. The molecule has 1 amide bonds. The van der Waals surface area contributed by atoms with Crippen LogP contribution in [0.5, 0.6) is 0 Å². The van der Waals surface area contributed by atoms with E-state index in [-0.39, 0.29) is 17.3 Å². The van der Waals surface area contributed by atoms with E-state index in [9.17, 15) is 4.79 Å². The van der Waals surface area contributed by atoms with E-state index in [4.69, 9.17) is 10.7 Å². The number of benzene rings is 2. The molecule has 4 aromatic heterocycles. The van der Waals surface area contributed by atoms with Crippen molar-refractivity contribution in [1.82, 2.24) is 34.3 Å². The zero-order valence-electron chi connectivity index (χ0n) is 23.5. The number of pyridine rings is 1. The first-order chi connectivity index (χ1) is 20.4. The van der Waals surface area contributed by atoms with Crippen LogP contribution in [-0.4, -0.2) is 41.4 Å². The maximum Gasteiger partial charge on any atom is 0.259 e. The van der Waals surface area contributed by atoms with Gasteiger partial charge in [-0.3, -0.25) is 19.0 Å². The van der Waals surface area contributed by atoms with Gasteiger partial charge in [-0.25, -0.2) is 9.50 Å². The number of rotatable bonds is 5. The van der Waals surface area contributed by atoms with Crippen molar-refractivity contribution in [2.24, 2.45) is 12.0 Å². The first-order valence-electron chi connectivity index (χ1n) is 13.6. The summed E-state index contributed by atoms with van der Waals surface area (Å²) in [6.07, 6.45) is 6.94. The lowest BCUT2D eigenvalue weighted by atomic mass is 10.0. The summed E-state index contributed by atoms with van der Waals surface area (Å²) >= 11 is 0. The molecule has 0 saturated carbocycles. The fraction of sp³-hybridized carbons (Fsp3) is 0.156. The molecule has 0 fully saturated rings. The number of hydrogen-bond acceptors (Lipinski definition) is 6. The minimum Gasteiger partial charge on any atom is -0.381 e. The van der Waals surface area contributed by atoms with Gasteiger partial charge in [0.1, 0.15) is 11.1 Å². The zero-order valence-corrected chi connectivity index (χ0v) is 23.5. The molecule has 2 aromatic carbocycles. The summed E-state index contributed by atoms with van der Waals surface area (Å²) in [6.45, 7) is 4.50. The number of aromatic nitrogens is 6. The molecule has 0 saturated heterocycles.